The van der Waals surface area contributed by atoms with E-state index in [2.05, 4.69) is 27.2 Å². The molecule has 3 heterocycles. The second-order valence-electron chi connectivity index (χ2n) is 13.5. The van der Waals surface area contributed by atoms with Crippen molar-refractivity contribution < 1.29 is 17.6 Å². The summed E-state index contributed by atoms with van der Waals surface area (Å²) < 4.78 is 45.0. The number of benzene rings is 1. The number of hydrogen-bond donors (Lipinski definition) is 2. The van der Waals surface area contributed by atoms with E-state index in [-0.39, 0.29) is 46.2 Å². The molecule has 4 fully saturated rings. The minimum atomic E-state index is -3.18. The van der Waals surface area contributed by atoms with E-state index in [1.807, 2.05) is 40.8 Å². The van der Waals surface area contributed by atoms with Crippen LogP contribution in [0.3, 0.4) is 0 Å². The van der Waals surface area contributed by atoms with Crippen LogP contribution in [0.1, 0.15) is 77.8 Å². The van der Waals surface area contributed by atoms with E-state index in [1.165, 1.54) is 6.07 Å². The highest BCUT2D eigenvalue weighted by molar-refractivity contribution is 14.1. The molecule has 5 rings (SSSR count). The Morgan fingerprint density at radius 2 is 1.73 bits per heavy atom. The van der Waals surface area contributed by atoms with Gasteiger partial charge in [-0.1, -0.05) is 12.1 Å². The lowest BCUT2D eigenvalue weighted by Crippen LogP contribution is -2.63. The average Bonchev–Trinajstić information content (AvgIpc) is 3.85. The van der Waals surface area contributed by atoms with E-state index in [0.717, 1.165) is 63.7 Å². The van der Waals surface area contributed by atoms with Gasteiger partial charge in [-0.25, -0.2) is 17.1 Å². The first-order valence-corrected chi connectivity index (χ1v) is 18.6. The Balaban J connectivity index is 1.26. The molecular weight excluding hydrogens is 694 g/mol. The maximum Gasteiger partial charge on any atom is 0.257 e. The predicted octanol–water partition coefficient (Wildman–Crippen LogP) is 4.71. The Labute approximate surface area is 276 Å². The fourth-order valence-electron chi connectivity index (χ4n) is 7.64. The third kappa shape index (κ3) is 7.03. The maximum atomic E-state index is 14.5. The number of allylic oxidation sites excluding steroid dienone is 1. The van der Waals surface area contributed by atoms with Gasteiger partial charge in [0.15, 0.2) is 0 Å². The van der Waals surface area contributed by atoms with Crippen molar-refractivity contribution in [2.75, 3.05) is 45.8 Å². The van der Waals surface area contributed by atoms with E-state index in [0.29, 0.717) is 37.4 Å². The van der Waals surface area contributed by atoms with Crippen LogP contribution >= 0.6 is 22.9 Å². The summed E-state index contributed by atoms with van der Waals surface area (Å²) in [6.45, 7) is 13.1. The number of carbonyl (C=O) groups excluding carboxylic acids is 1. The van der Waals surface area contributed by atoms with Gasteiger partial charge in [-0.05, 0) is 89.8 Å². The standard InChI is InChI=1S/C32H48FIN6O3S/c1-22-21-38(32(4)12-16-37(17-13-32)31(41)29(23(2)35)24(3)36-34)18-19-40(22)30(26-6-5-7-27(33)20-26)25-10-14-39(15-11-25)44(42,43)28-8-9-28/h5-7,20,22,25,28,30,35-36H,8-19,21H2,1-4H3/b29-24+,35-23?. The second-order valence-corrected chi connectivity index (χ2v) is 16.3. The lowest BCUT2D eigenvalue weighted by Gasteiger charge is -2.54. The molecule has 0 radical (unpaired) electrons. The smallest absolute Gasteiger partial charge is 0.257 e. The number of nitrogens with zero attached hydrogens (tertiary/aromatic N) is 4. The third-order valence-electron chi connectivity index (χ3n) is 10.5. The van der Waals surface area contributed by atoms with Crippen molar-refractivity contribution in [2.24, 2.45) is 5.92 Å². The van der Waals surface area contributed by atoms with Crippen LogP contribution in [0.5, 0.6) is 0 Å². The molecule has 0 bridgehead atoms. The summed E-state index contributed by atoms with van der Waals surface area (Å²) in [5, 5.41) is 7.95. The number of piperidine rings is 2. The minimum absolute atomic E-state index is 0.0326. The van der Waals surface area contributed by atoms with E-state index in [1.54, 1.807) is 23.4 Å². The van der Waals surface area contributed by atoms with Gasteiger partial charge in [0.1, 0.15) is 5.82 Å². The van der Waals surface area contributed by atoms with Crippen LogP contribution in [-0.2, 0) is 14.8 Å². The molecule has 1 saturated carbocycles. The van der Waals surface area contributed by atoms with Crippen molar-refractivity contribution in [3.8, 4) is 0 Å². The number of likely N-dealkylation sites (tertiary alicyclic amines) is 1. The average molecular weight is 743 g/mol. The highest BCUT2D eigenvalue weighted by Gasteiger charge is 2.45. The first-order chi connectivity index (χ1) is 20.9. The molecule has 3 aliphatic heterocycles. The van der Waals surface area contributed by atoms with E-state index in [4.69, 9.17) is 5.41 Å². The van der Waals surface area contributed by atoms with Crippen molar-refractivity contribution in [1.29, 1.82) is 5.41 Å². The summed E-state index contributed by atoms with van der Waals surface area (Å²) >= 11 is 2.01. The van der Waals surface area contributed by atoms with Crippen LogP contribution in [0.25, 0.3) is 0 Å². The van der Waals surface area contributed by atoms with Crippen molar-refractivity contribution >= 4 is 44.5 Å². The highest BCUT2D eigenvalue weighted by Crippen LogP contribution is 2.41. The number of carbonyl (C=O) groups is 1. The zero-order valence-electron chi connectivity index (χ0n) is 26.5. The normalized spacial score (nSPS) is 25.8. The van der Waals surface area contributed by atoms with Crippen molar-refractivity contribution in [2.45, 2.75) is 89.1 Å². The topological polar surface area (TPSA) is 100 Å². The van der Waals surface area contributed by atoms with Gasteiger partial charge in [0.05, 0.1) is 33.7 Å². The third-order valence-corrected chi connectivity index (χ3v) is 13.7. The number of halogens is 2. The van der Waals surface area contributed by atoms with Gasteiger partial charge in [-0.15, -0.1) is 0 Å². The summed E-state index contributed by atoms with van der Waals surface area (Å²) in [5.74, 6) is -0.0586. The Kier molecular flexibility index (Phi) is 10.5. The molecule has 1 aromatic carbocycles. The molecule has 4 aliphatic rings. The van der Waals surface area contributed by atoms with Crippen LogP contribution in [0.2, 0.25) is 0 Å². The number of piperazine rings is 1. The van der Waals surface area contributed by atoms with Crippen LogP contribution in [0, 0.1) is 17.1 Å². The largest absolute Gasteiger partial charge is 0.338 e. The quantitative estimate of drug-likeness (QED) is 0.165. The van der Waals surface area contributed by atoms with Gasteiger partial charge < -0.3 is 13.8 Å². The van der Waals surface area contributed by atoms with Gasteiger partial charge in [0, 0.05) is 74.8 Å². The summed E-state index contributed by atoms with van der Waals surface area (Å²) in [4.78, 5) is 20.3. The Hall–Kier alpha value is -1.61. The Morgan fingerprint density at radius 1 is 1.07 bits per heavy atom. The molecular formula is C32H48FIN6O3S. The van der Waals surface area contributed by atoms with Crippen LogP contribution in [0.15, 0.2) is 35.5 Å². The number of nitrogens with one attached hydrogen (secondary N) is 2. The molecule has 44 heavy (non-hydrogen) atoms. The lowest BCUT2D eigenvalue weighted by atomic mass is 9.82. The summed E-state index contributed by atoms with van der Waals surface area (Å²) in [7, 11) is -3.18. The van der Waals surface area contributed by atoms with Gasteiger partial charge >= 0.3 is 0 Å². The van der Waals surface area contributed by atoms with Gasteiger partial charge in [0.25, 0.3) is 5.91 Å². The molecule has 2 N–H and O–H groups in total. The number of hydrogen-bond acceptors (Lipinski definition) is 7. The van der Waals surface area contributed by atoms with Gasteiger partial charge in [0.2, 0.25) is 10.0 Å². The zero-order chi connectivity index (χ0) is 31.8. The molecule has 12 heteroatoms. The number of rotatable bonds is 9. The summed E-state index contributed by atoms with van der Waals surface area (Å²) in [6.07, 6.45) is 4.85. The van der Waals surface area contributed by atoms with E-state index in [9.17, 15) is 17.6 Å². The SMILES string of the molecule is CC(=N)/C(C(=O)N1CCC(C)(N2CCN(C(c3cccc(F)c3)C3CCN(S(=O)(=O)C4CC4)CC3)C(C)C2)CC1)=C(/C)NI. The predicted molar refractivity (Wildman–Crippen MR) is 181 cm³/mol. The maximum absolute atomic E-state index is 14.5. The molecule has 1 amide bonds. The minimum Gasteiger partial charge on any atom is -0.338 e. The van der Waals surface area contributed by atoms with Crippen molar-refractivity contribution in [3.63, 3.8) is 0 Å². The number of sulfonamides is 1. The Bertz CT molecular complexity index is 1370. The van der Waals surface area contributed by atoms with Crippen LogP contribution < -0.4 is 3.53 Å². The van der Waals surface area contributed by atoms with Gasteiger partial charge in [-0.2, -0.15) is 0 Å². The molecule has 2 atom stereocenters. The fraction of sp³-hybridized carbons (Fsp3) is 0.688. The molecule has 9 nitrogen and oxygen atoms in total. The molecule has 1 aromatic rings. The highest BCUT2D eigenvalue weighted by atomic mass is 127. The molecule has 0 aromatic heterocycles. The fourth-order valence-corrected chi connectivity index (χ4v) is 9.78. The molecule has 1 aliphatic carbocycles. The molecule has 2 unspecified atom stereocenters. The molecule has 3 saturated heterocycles. The molecule has 0 spiro atoms. The van der Waals surface area contributed by atoms with E-state index < -0.39 is 10.0 Å². The monoisotopic (exact) mass is 742 g/mol. The van der Waals surface area contributed by atoms with Gasteiger partial charge in [-0.3, -0.25) is 14.6 Å². The first-order valence-electron chi connectivity index (χ1n) is 16.0. The first kappa shape index (κ1) is 33.7. The van der Waals surface area contributed by atoms with E-state index >= 15 is 0 Å². The van der Waals surface area contributed by atoms with Crippen LogP contribution in [-0.4, -0.2) is 102 Å². The summed E-state index contributed by atoms with van der Waals surface area (Å²) in [5.41, 5.74) is 2.38. The van der Waals surface area contributed by atoms with Crippen molar-refractivity contribution in [1.82, 2.24) is 22.5 Å². The second kappa shape index (κ2) is 13.6. The van der Waals surface area contributed by atoms with Crippen LogP contribution in [0.4, 0.5) is 4.39 Å². The summed E-state index contributed by atoms with van der Waals surface area (Å²) in [6, 6.07) is 7.24. The lowest BCUT2D eigenvalue weighted by molar-refractivity contribution is -0.130. The molecule has 244 valence electrons. The zero-order valence-corrected chi connectivity index (χ0v) is 29.5. The van der Waals surface area contributed by atoms with Crippen molar-refractivity contribution in [3.05, 3.63) is 46.9 Å². The Morgan fingerprint density at radius 3 is 2.27 bits per heavy atom. The number of amides is 1.